The molecule has 2 N–H and O–H groups in total. The maximum absolute atomic E-state index is 5.64. The molecule has 0 aliphatic carbocycles. The smallest absolute Gasteiger partial charge is 0.191 e. The first-order valence-corrected chi connectivity index (χ1v) is 10.5. The number of ether oxygens (including phenoxy) is 2. The number of rotatable bonds is 8. The van der Waals surface area contributed by atoms with Gasteiger partial charge >= 0.3 is 0 Å². The van der Waals surface area contributed by atoms with Crippen molar-refractivity contribution in [1.82, 2.24) is 10.6 Å². The first-order valence-electron chi connectivity index (χ1n) is 10.5. The monoisotopic (exact) mass is 523 g/mol. The van der Waals surface area contributed by atoms with E-state index in [1.54, 1.807) is 7.11 Å². The number of hydrogen-bond donors (Lipinski definition) is 2. The Balaban J connectivity index is 0.00000320. The number of guanidine groups is 1. The van der Waals surface area contributed by atoms with Crippen LogP contribution in [0.15, 0.2) is 59.6 Å². The van der Waals surface area contributed by atoms with Crippen LogP contribution in [0.1, 0.15) is 30.9 Å². The van der Waals surface area contributed by atoms with Gasteiger partial charge in [-0.3, -0.25) is 4.99 Å². The average Bonchev–Trinajstić information content (AvgIpc) is 2.79. The zero-order valence-electron chi connectivity index (χ0n) is 18.0. The van der Waals surface area contributed by atoms with Crippen LogP contribution in [-0.2, 0) is 16.6 Å². The maximum atomic E-state index is 5.64. The quantitative estimate of drug-likeness (QED) is 0.310. The van der Waals surface area contributed by atoms with E-state index in [0.29, 0.717) is 0 Å². The van der Waals surface area contributed by atoms with Crippen LogP contribution in [0.25, 0.3) is 0 Å². The first-order chi connectivity index (χ1) is 14.3. The number of aliphatic imine (C=N–C) groups is 1. The largest absolute Gasteiger partial charge is 0.497 e. The van der Waals surface area contributed by atoms with E-state index in [2.05, 4.69) is 60.0 Å². The standard InChI is InChI=1S/C24H33N3O2.HI/c1-3-25-23(26-16-13-20-9-11-22(28-2)12-10-20)27-19-24(14-17-29-18-15-24)21-7-5-4-6-8-21;/h4-12H,3,13-19H2,1-2H3,(H2,25,26,27);1H. The van der Waals surface area contributed by atoms with Crippen LogP contribution in [0.4, 0.5) is 0 Å². The van der Waals surface area contributed by atoms with Crippen molar-refractivity contribution >= 4 is 29.9 Å². The molecule has 1 fully saturated rings. The molecule has 0 saturated carbocycles. The van der Waals surface area contributed by atoms with Gasteiger partial charge in [-0.1, -0.05) is 42.5 Å². The van der Waals surface area contributed by atoms with Gasteiger partial charge in [-0.2, -0.15) is 0 Å². The Morgan fingerprint density at radius 3 is 2.37 bits per heavy atom. The zero-order chi connectivity index (χ0) is 20.4. The fourth-order valence-electron chi connectivity index (χ4n) is 3.78. The molecule has 1 aliphatic rings. The summed E-state index contributed by atoms with van der Waals surface area (Å²) in [5.74, 6) is 1.77. The normalized spacial score (nSPS) is 15.7. The molecule has 5 nitrogen and oxygen atoms in total. The molecule has 30 heavy (non-hydrogen) atoms. The van der Waals surface area contributed by atoms with E-state index in [4.69, 9.17) is 14.5 Å². The number of halogens is 1. The second-order valence-electron chi connectivity index (χ2n) is 7.48. The van der Waals surface area contributed by atoms with Gasteiger partial charge in [0.1, 0.15) is 5.75 Å². The highest BCUT2D eigenvalue weighted by atomic mass is 127. The molecule has 1 aliphatic heterocycles. The van der Waals surface area contributed by atoms with Crippen molar-refractivity contribution in [3.05, 3.63) is 65.7 Å². The molecule has 6 heteroatoms. The molecule has 1 saturated heterocycles. The van der Waals surface area contributed by atoms with Crippen molar-refractivity contribution in [2.75, 3.05) is 40.0 Å². The van der Waals surface area contributed by atoms with Gasteiger partial charge in [0, 0.05) is 31.7 Å². The van der Waals surface area contributed by atoms with Crippen LogP contribution >= 0.6 is 24.0 Å². The molecule has 0 radical (unpaired) electrons. The fourth-order valence-corrected chi connectivity index (χ4v) is 3.78. The lowest BCUT2D eigenvalue weighted by Crippen LogP contribution is -2.41. The SMILES string of the molecule is CCNC(=NCC1(c2ccccc2)CCOCC1)NCCc1ccc(OC)cc1.I. The Hall–Kier alpha value is -1.80. The van der Waals surface area contributed by atoms with E-state index in [9.17, 15) is 0 Å². The summed E-state index contributed by atoms with van der Waals surface area (Å²) in [6, 6.07) is 19.0. The minimum Gasteiger partial charge on any atom is -0.497 e. The van der Waals surface area contributed by atoms with Crippen molar-refractivity contribution in [3.8, 4) is 5.75 Å². The molecule has 3 rings (SSSR count). The van der Waals surface area contributed by atoms with E-state index in [1.807, 2.05) is 12.1 Å². The summed E-state index contributed by atoms with van der Waals surface area (Å²) in [5, 5.41) is 6.87. The number of methoxy groups -OCH3 is 1. The number of hydrogen-bond acceptors (Lipinski definition) is 3. The van der Waals surface area contributed by atoms with Crippen molar-refractivity contribution in [2.45, 2.75) is 31.6 Å². The first kappa shape index (κ1) is 24.5. The van der Waals surface area contributed by atoms with Gasteiger partial charge in [-0.05, 0) is 49.4 Å². The van der Waals surface area contributed by atoms with Crippen molar-refractivity contribution in [1.29, 1.82) is 0 Å². The van der Waals surface area contributed by atoms with Gasteiger partial charge < -0.3 is 20.1 Å². The molecule has 0 spiro atoms. The van der Waals surface area contributed by atoms with Crippen LogP contribution in [0.3, 0.4) is 0 Å². The second-order valence-corrected chi connectivity index (χ2v) is 7.48. The molecule has 0 aromatic heterocycles. The molecule has 0 unspecified atom stereocenters. The molecular weight excluding hydrogens is 489 g/mol. The van der Waals surface area contributed by atoms with E-state index in [0.717, 1.165) is 63.8 Å². The fraction of sp³-hybridized carbons (Fsp3) is 0.458. The second kappa shape index (κ2) is 12.8. The van der Waals surface area contributed by atoms with Gasteiger partial charge in [-0.25, -0.2) is 0 Å². The highest BCUT2D eigenvalue weighted by Gasteiger charge is 2.34. The summed E-state index contributed by atoms with van der Waals surface area (Å²) in [6.45, 7) is 6.13. The maximum Gasteiger partial charge on any atom is 0.191 e. The van der Waals surface area contributed by atoms with Crippen LogP contribution in [0.2, 0.25) is 0 Å². The number of benzene rings is 2. The van der Waals surface area contributed by atoms with E-state index < -0.39 is 0 Å². The predicted octanol–water partition coefficient (Wildman–Crippen LogP) is 4.16. The third-order valence-corrected chi connectivity index (χ3v) is 5.59. The lowest BCUT2D eigenvalue weighted by Gasteiger charge is -2.36. The summed E-state index contributed by atoms with van der Waals surface area (Å²) < 4.78 is 10.9. The van der Waals surface area contributed by atoms with Gasteiger partial charge in [0.15, 0.2) is 5.96 Å². The lowest BCUT2D eigenvalue weighted by atomic mass is 9.74. The van der Waals surface area contributed by atoms with Gasteiger partial charge in [0.05, 0.1) is 13.7 Å². The summed E-state index contributed by atoms with van der Waals surface area (Å²) in [6.07, 6.45) is 2.95. The van der Waals surface area contributed by atoms with E-state index in [1.165, 1.54) is 11.1 Å². The highest BCUT2D eigenvalue weighted by Crippen LogP contribution is 2.35. The Labute approximate surface area is 197 Å². The van der Waals surface area contributed by atoms with Gasteiger partial charge in [0.25, 0.3) is 0 Å². The summed E-state index contributed by atoms with van der Waals surface area (Å²) in [5.41, 5.74) is 2.69. The molecule has 0 bridgehead atoms. The minimum absolute atomic E-state index is 0. The summed E-state index contributed by atoms with van der Waals surface area (Å²) >= 11 is 0. The number of nitrogens with one attached hydrogen (secondary N) is 2. The number of nitrogens with zero attached hydrogens (tertiary/aromatic N) is 1. The topological polar surface area (TPSA) is 54.9 Å². The molecule has 0 amide bonds. The summed E-state index contributed by atoms with van der Waals surface area (Å²) in [4.78, 5) is 4.96. The summed E-state index contributed by atoms with van der Waals surface area (Å²) in [7, 11) is 1.69. The molecule has 2 aromatic rings. The minimum atomic E-state index is 0. The van der Waals surface area contributed by atoms with Gasteiger partial charge in [0.2, 0.25) is 0 Å². The molecule has 0 atom stereocenters. The highest BCUT2D eigenvalue weighted by molar-refractivity contribution is 14.0. The van der Waals surface area contributed by atoms with Crippen molar-refractivity contribution in [2.24, 2.45) is 4.99 Å². The van der Waals surface area contributed by atoms with Crippen LogP contribution in [0, 0.1) is 0 Å². The van der Waals surface area contributed by atoms with Crippen molar-refractivity contribution < 1.29 is 9.47 Å². The molecule has 164 valence electrons. The molecule has 1 heterocycles. The van der Waals surface area contributed by atoms with Crippen molar-refractivity contribution in [3.63, 3.8) is 0 Å². The van der Waals surface area contributed by atoms with Gasteiger partial charge in [-0.15, -0.1) is 24.0 Å². The Morgan fingerprint density at radius 1 is 1.03 bits per heavy atom. The van der Waals surface area contributed by atoms with Crippen LogP contribution in [0.5, 0.6) is 5.75 Å². The Bertz CT molecular complexity index is 760. The lowest BCUT2D eigenvalue weighted by molar-refractivity contribution is 0.0531. The Kier molecular flexibility index (Phi) is 10.4. The average molecular weight is 523 g/mol. The zero-order valence-corrected chi connectivity index (χ0v) is 20.4. The third-order valence-electron chi connectivity index (χ3n) is 5.59. The Morgan fingerprint density at radius 2 is 1.73 bits per heavy atom. The third kappa shape index (κ3) is 6.87. The molecule has 2 aromatic carbocycles. The van der Waals surface area contributed by atoms with E-state index >= 15 is 0 Å². The van der Waals surface area contributed by atoms with Crippen LogP contribution in [-0.4, -0.2) is 45.9 Å². The predicted molar refractivity (Wildman–Crippen MR) is 134 cm³/mol. The van der Waals surface area contributed by atoms with Crippen LogP contribution < -0.4 is 15.4 Å². The van der Waals surface area contributed by atoms with E-state index in [-0.39, 0.29) is 29.4 Å². The molecular formula is C24H34IN3O2.